The Kier molecular flexibility index (Phi) is 5.46. The maximum absolute atomic E-state index is 12.6. The van der Waals surface area contributed by atoms with Crippen molar-refractivity contribution in [3.05, 3.63) is 23.0 Å². The Morgan fingerprint density at radius 1 is 1.61 bits per heavy atom. The highest BCUT2D eigenvalue weighted by Crippen LogP contribution is 2.28. The molecule has 1 heterocycles. The van der Waals surface area contributed by atoms with E-state index in [-0.39, 0.29) is 35.4 Å². The van der Waals surface area contributed by atoms with Crippen molar-refractivity contribution in [1.29, 1.82) is 0 Å². The maximum Gasteiger partial charge on any atom is 0.310 e. The predicted molar refractivity (Wildman–Crippen MR) is 63.8 cm³/mol. The van der Waals surface area contributed by atoms with Crippen LogP contribution in [0.2, 0.25) is 0 Å². The number of hydrogen-bond donors (Lipinski definition) is 1. The molecule has 1 aromatic heterocycles. The van der Waals surface area contributed by atoms with Gasteiger partial charge in [-0.3, -0.25) is 4.79 Å². The summed E-state index contributed by atoms with van der Waals surface area (Å²) in [6.45, 7) is 1.83. The third-order valence-corrected chi connectivity index (χ3v) is 2.69. The predicted octanol–water partition coefficient (Wildman–Crippen LogP) is 2.73. The Morgan fingerprint density at radius 3 is 2.78 bits per heavy atom. The normalized spacial score (nSPS) is 10.7. The second kappa shape index (κ2) is 6.63. The molecular weight excluding hydrogens is 312 g/mol. The molecule has 0 aliphatic rings. The molecule has 0 aromatic carbocycles. The van der Waals surface area contributed by atoms with E-state index >= 15 is 0 Å². The zero-order chi connectivity index (χ0) is 13.7. The topological polar surface area (TPSA) is 59.4 Å². The minimum absolute atomic E-state index is 0.0760. The fourth-order valence-electron chi connectivity index (χ4n) is 1.38. The first-order valence-corrected chi connectivity index (χ1v) is 6.33. The first kappa shape index (κ1) is 14.8. The van der Waals surface area contributed by atoms with E-state index in [2.05, 4.69) is 20.9 Å². The lowest BCUT2D eigenvalue weighted by Gasteiger charge is -2.10. The van der Waals surface area contributed by atoms with Gasteiger partial charge in [-0.2, -0.15) is 0 Å². The Bertz CT molecular complexity index is 441. The first-order valence-electron chi connectivity index (χ1n) is 5.21. The number of aromatic nitrogens is 1. The van der Waals surface area contributed by atoms with Crippen LogP contribution < -0.4 is 0 Å². The molecule has 0 saturated carbocycles. The number of nitrogens with zero attached hydrogens (tertiary/aromatic N) is 1. The number of pyridine rings is 1. The van der Waals surface area contributed by atoms with Crippen LogP contribution in [0.1, 0.15) is 30.3 Å². The lowest BCUT2D eigenvalue weighted by Crippen LogP contribution is -2.09. The highest BCUT2D eigenvalue weighted by atomic mass is 79.9. The zero-order valence-corrected chi connectivity index (χ0v) is 11.2. The van der Waals surface area contributed by atoms with E-state index in [0.717, 1.165) is 6.07 Å². The van der Waals surface area contributed by atoms with E-state index in [9.17, 15) is 18.7 Å². The molecule has 0 radical (unpaired) electrons. The van der Waals surface area contributed by atoms with Crippen molar-refractivity contribution in [2.24, 2.45) is 0 Å². The molecular formula is C11H12BrF2NO3. The molecule has 1 aromatic rings. The van der Waals surface area contributed by atoms with Gasteiger partial charge in [-0.1, -0.05) is 15.9 Å². The Hall–Kier alpha value is -1.24. The standard InChI is InChI=1S/C11H12BrF2NO3/c1-2-18-9(16)4-6-3-7(11(13)14)15-8(5-12)10(6)17/h3,11,17H,2,4-5H2,1H3. The number of alkyl halides is 3. The summed E-state index contributed by atoms with van der Waals surface area (Å²) < 4.78 is 29.9. The van der Waals surface area contributed by atoms with Crippen LogP contribution in [-0.2, 0) is 21.3 Å². The van der Waals surface area contributed by atoms with Gasteiger partial charge in [0.15, 0.2) is 0 Å². The summed E-state index contributed by atoms with van der Waals surface area (Å²) in [5.74, 6) is -0.843. The van der Waals surface area contributed by atoms with Gasteiger partial charge in [0, 0.05) is 10.9 Å². The van der Waals surface area contributed by atoms with Crippen molar-refractivity contribution < 1.29 is 23.4 Å². The molecule has 0 unspecified atom stereocenters. The molecule has 100 valence electrons. The van der Waals surface area contributed by atoms with E-state index < -0.39 is 18.1 Å². The molecule has 0 spiro atoms. The largest absolute Gasteiger partial charge is 0.506 e. The molecule has 0 amide bonds. The number of ether oxygens (including phenoxy) is 1. The SMILES string of the molecule is CCOC(=O)Cc1cc(C(F)F)nc(CBr)c1O. The maximum atomic E-state index is 12.6. The average Bonchev–Trinajstić information content (AvgIpc) is 2.31. The molecule has 18 heavy (non-hydrogen) atoms. The van der Waals surface area contributed by atoms with Gasteiger partial charge in [-0.05, 0) is 13.0 Å². The van der Waals surface area contributed by atoms with Gasteiger partial charge in [0.05, 0.1) is 18.7 Å². The number of hydrogen-bond acceptors (Lipinski definition) is 4. The molecule has 1 N–H and O–H groups in total. The molecule has 0 aliphatic carbocycles. The number of halogens is 3. The van der Waals surface area contributed by atoms with E-state index in [1.165, 1.54) is 0 Å². The lowest BCUT2D eigenvalue weighted by molar-refractivity contribution is -0.142. The summed E-state index contributed by atoms with van der Waals surface area (Å²) in [4.78, 5) is 14.9. The molecule has 4 nitrogen and oxygen atoms in total. The summed E-state index contributed by atoms with van der Waals surface area (Å²) in [6.07, 6.45) is -3.02. The Labute approximate surface area is 111 Å². The van der Waals surface area contributed by atoms with E-state index in [1.807, 2.05) is 0 Å². The highest BCUT2D eigenvalue weighted by Gasteiger charge is 2.18. The molecule has 1 rings (SSSR count). The molecule has 0 saturated heterocycles. The fourth-order valence-corrected chi connectivity index (χ4v) is 1.77. The third kappa shape index (κ3) is 3.63. The molecule has 0 bridgehead atoms. The summed E-state index contributed by atoms with van der Waals surface area (Å²) in [5, 5.41) is 9.89. The summed E-state index contributed by atoms with van der Waals surface area (Å²) in [5.41, 5.74) is -0.304. The molecule has 0 aliphatic heterocycles. The lowest BCUT2D eigenvalue weighted by atomic mass is 10.1. The van der Waals surface area contributed by atoms with Crippen molar-refractivity contribution in [3.63, 3.8) is 0 Å². The van der Waals surface area contributed by atoms with Crippen LogP contribution in [0.3, 0.4) is 0 Å². The molecule has 0 fully saturated rings. The van der Waals surface area contributed by atoms with E-state index in [4.69, 9.17) is 4.74 Å². The van der Waals surface area contributed by atoms with Gasteiger partial charge in [-0.25, -0.2) is 13.8 Å². The number of rotatable bonds is 5. The minimum Gasteiger partial charge on any atom is -0.506 e. The van der Waals surface area contributed by atoms with Gasteiger partial charge in [0.1, 0.15) is 11.4 Å². The first-order chi connectivity index (χ1) is 8.49. The second-order valence-electron chi connectivity index (χ2n) is 3.42. The van der Waals surface area contributed by atoms with Gasteiger partial charge in [-0.15, -0.1) is 0 Å². The Balaban J connectivity index is 3.08. The Morgan fingerprint density at radius 2 is 2.28 bits per heavy atom. The smallest absolute Gasteiger partial charge is 0.310 e. The van der Waals surface area contributed by atoms with Gasteiger partial charge >= 0.3 is 5.97 Å². The average molecular weight is 324 g/mol. The molecule has 0 atom stereocenters. The summed E-state index contributed by atoms with van der Waals surface area (Å²) in [7, 11) is 0. The van der Waals surface area contributed by atoms with Crippen molar-refractivity contribution in [2.75, 3.05) is 6.61 Å². The van der Waals surface area contributed by atoms with Crippen LogP contribution in [0.25, 0.3) is 0 Å². The van der Waals surface area contributed by atoms with Crippen LogP contribution >= 0.6 is 15.9 Å². The highest BCUT2D eigenvalue weighted by molar-refractivity contribution is 9.08. The van der Waals surface area contributed by atoms with Crippen molar-refractivity contribution in [3.8, 4) is 5.75 Å². The van der Waals surface area contributed by atoms with Crippen LogP contribution in [0, 0.1) is 0 Å². The zero-order valence-electron chi connectivity index (χ0n) is 9.62. The van der Waals surface area contributed by atoms with Gasteiger partial charge in [0.25, 0.3) is 6.43 Å². The fraction of sp³-hybridized carbons (Fsp3) is 0.455. The van der Waals surface area contributed by atoms with Crippen molar-refractivity contribution in [2.45, 2.75) is 25.1 Å². The molecule has 7 heteroatoms. The number of carbonyl (C=O) groups excluding carboxylic acids is 1. The quantitative estimate of drug-likeness (QED) is 0.668. The van der Waals surface area contributed by atoms with Crippen LogP contribution in [0.5, 0.6) is 5.75 Å². The van der Waals surface area contributed by atoms with Crippen molar-refractivity contribution in [1.82, 2.24) is 4.98 Å². The third-order valence-electron chi connectivity index (χ3n) is 2.15. The van der Waals surface area contributed by atoms with Gasteiger partial charge in [0.2, 0.25) is 0 Å². The monoisotopic (exact) mass is 323 g/mol. The van der Waals surface area contributed by atoms with Crippen LogP contribution in [0.4, 0.5) is 8.78 Å². The van der Waals surface area contributed by atoms with E-state index in [0.29, 0.717) is 0 Å². The van der Waals surface area contributed by atoms with Gasteiger partial charge < -0.3 is 9.84 Å². The minimum atomic E-state index is -2.76. The van der Waals surface area contributed by atoms with E-state index in [1.54, 1.807) is 6.92 Å². The van der Waals surface area contributed by atoms with Crippen molar-refractivity contribution >= 4 is 21.9 Å². The number of carbonyl (C=O) groups is 1. The van der Waals surface area contributed by atoms with Crippen LogP contribution in [-0.4, -0.2) is 22.7 Å². The number of aromatic hydroxyl groups is 1. The summed E-state index contributed by atoms with van der Waals surface area (Å²) >= 11 is 3.04. The second-order valence-corrected chi connectivity index (χ2v) is 3.98. The number of esters is 1. The van der Waals surface area contributed by atoms with Crippen LogP contribution in [0.15, 0.2) is 6.07 Å². The summed E-state index contributed by atoms with van der Waals surface area (Å²) in [6, 6.07) is 1.02.